The molecule has 0 fully saturated rings. The van der Waals surface area contributed by atoms with Crippen LogP contribution >= 0.6 is 0 Å². The Morgan fingerprint density at radius 2 is 0.545 bits per heavy atom. The van der Waals surface area contributed by atoms with Gasteiger partial charge in [0, 0.05) is 22.3 Å². The van der Waals surface area contributed by atoms with Crippen LogP contribution in [0.1, 0.15) is 0 Å². The first-order chi connectivity index (χ1) is 21.8. The van der Waals surface area contributed by atoms with Crippen LogP contribution in [0.2, 0.25) is 0 Å². The number of rotatable bonds is 6. The van der Waals surface area contributed by atoms with Crippen molar-refractivity contribution < 1.29 is 0 Å². The van der Waals surface area contributed by atoms with Gasteiger partial charge in [0.25, 0.3) is 0 Å². The van der Waals surface area contributed by atoms with Crippen molar-refractivity contribution in [1.82, 2.24) is 9.97 Å². The van der Waals surface area contributed by atoms with Crippen molar-refractivity contribution in [1.29, 1.82) is 0 Å². The lowest BCUT2D eigenvalue weighted by molar-refractivity contribution is 1.21. The zero-order valence-corrected chi connectivity index (χ0v) is 23.9. The van der Waals surface area contributed by atoms with Crippen LogP contribution in [0.25, 0.3) is 72.1 Å². The van der Waals surface area contributed by atoms with Gasteiger partial charge in [-0.25, -0.2) is 14.8 Å². The van der Waals surface area contributed by atoms with Crippen molar-refractivity contribution in [2.75, 3.05) is 0 Å². The van der Waals surface area contributed by atoms with Gasteiger partial charge in [-0.15, -0.1) is 0 Å². The monoisotopic (exact) mass is 561 g/mol. The highest BCUT2D eigenvalue weighted by atomic mass is 14.9. The second kappa shape index (κ2) is 12.0. The zero-order valence-electron chi connectivity index (χ0n) is 23.9. The summed E-state index contributed by atoms with van der Waals surface area (Å²) in [6, 6.07) is 55.7. The minimum absolute atomic E-state index is 0.649. The molecule has 3 heteroatoms. The standard InChI is InChI=1S/C41H27N3/c1-42-37-27-25-32(26-28-37)30-19-17-29(18-20-30)31-21-23-36(24-22-31)41-40(35-15-9-4-10-16-35)43-38(33-11-5-2-6-12-33)39(44-41)34-13-7-3-8-14-34/h2-28H. The normalized spacial score (nSPS) is 10.7. The maximum absolute atomic E-state index is 7.18. The topological polar surface area (TPSA) is 30.1 Å². The van der Waals surface area contributed by atoms with Gasteiger partial charge in [0.15, 0.2) is 5.69 Å². The van der Waals surface area contributed by atoms with E-state index in [0.29, 0.717) is 5.69 Å². The molecule has 6 aromatic carbocycles. The molecular formula is C41H27N3. The lowest BCUT2D eigenvalue weighted by Gasteiger charge is -2.16. The molecule has 0 saturated heterocycles. The van der Waals surface area contributed by atoms with Gasteiger partial charge in [-0.05, 0) is 22.3 Å². The molecule has 0 amide bonds. The SMILES string of the molecule is [C-]#[N+]c1ccc(-c2ccc(-c3ccc(-c4nc(-c5ccccc5)c(-c5ccccc5)nc4-c4ccccc4)cc3)cc2)cc1. The average Bonchev–Trinajstić information content (AvgIpc) is 3.12. The molecule has 0 saturated carbocycles. The van der Waals surface area contributed by atoms with Crippen molar-refractivity contribution >= 4 is 5.69 Å². The van der Waals surface area contributed by atoms with E-state index in [0.717, 1.165) is 67.3 Å². The third-order valence-corrected chi connectivity index (χ3v) is 7.74. The Morgan fingerprint density at radius 1 is 0.295 bits per heavy atom. The van der Waals surface area contributed by atoms with E-state index in [1.54, 1.807) is 0 Å². The number of benzene rings is 6. The Balaban J connectivity index is 1.31. The fraction of sp³-hybridized carbons (Fsp3) is 0. The van der Waals surface area contributed by atoms with Gasteiger partial charge < -0.3 is 0 Å². The van der Waals surface area contributed by atoms with Crippen LogP contribution in [0.15, 0.2) is 164 Å². The molecule has 0 bridgehead atoms. The van der Waals surface area contributed by atoms with Crippen molar-refractivity contribution in [3.63, 3.8) is 0 Å². The van der Waals surface area contributed by atoms with E-state index in [1.165, 1.54) is 0 Å². The summed E-state index contributed by atoms with van der Waals surface area (Å²) in [5.41, 5.74) is 12.6. The van der Waals surface area contributed by atoms with Crippen LogP contribution in [0.4, 0.5) is 5.69 Å². The molecule has 3 nitrogen and oxygen atoms in total. The number of hydrogen-bond acceptors (Lipinski definition) is 2. The Bertz CT molecular complexity index is 2060. The Morgan fingerprint density at radius 3 is 0.841 bits per heavy atom. The first-order valence-electron chi connectivity index (χ1n) is 14.5. The number of nitrogens with zero attached hydrogens (tertiary/aromatic N) is 3. The summed E-state index contributed by atoms with van der Waals surface area (Å²) < 4.78 is 0. The molecule has 0 atom stereocenters. The Hall–Kier alpha value is -6.11. The first kappa shape index (κ1) is 26.8. The van der Waals surface area contributed by atoms with E-state index in [2.05, 4.69) is 89.8 Å². The highest BCUT2D eigenvalue weighted by molar-refractivity contribution is 5.87. The first-order valence-corrected chi connectivity index (χ1v) is 14.5. The van der Waals surface area contributed by atoms with Gasteiger partial charge in [0.2, 0.25) is 0 Å². The third kappa shape index (κ3) is 5.41. The lowest BCUT2D eigenvalue weighted by atomic mass is 9.97. The van der Waals surface area contributed by atoms with Crippen LogP contribution in [0.3, 0.4) is 0 Å². The summed E-state index contributed by atoms with van der Waals surface area (Å²) in [5, 5.41) is 0. The van der Waals surface area contributed by atoms with Gasteiger partial charge in [0.05, 0.1) is 29.3 Å². The fourth-order valence-corrected chi connectivity index (χ4v) is 5.43. The molecule has 1 heterocycles. The van der Waals surface area contributed by atoms with Crippen molar-refractivity contribution in [2.45, 2.75) is 0 Å². The fourth-order valence-electron chi connectivity index (χ4n) is 5.43. The molecule has 0 spiro atoms. The van der Waals surface area contributed by atoms with E-state index in [9.17, 15) is 0 Å². The molecule has 0 unspecified atom stereocenters. The summed E-state index contributed by atoms with van der Waals surface area (Å²) in [5.74, 6) is 0. The lowest BCUT2D eigenvalue weighted by Crippen LogP contribution is -2.00. The highest BCUT2D eigenvalue weighted by Gasteiger charge is 2.19. The molecule has 1 aromatic heterocycles. The second-order valence-electron chi connectivity index (χ2n) is 10.5. The average molecular weight is 562 g/mol. The van der Waals surface area contributed by atoms with Crippen molar-refractivity contribution in [3.8, 4) is 67.3 Å². The minimum atomic E-state index is 0.649. The van der Waals surface area contributed by atoms with Gasteiger partial charge in [-0.2, -0.15) is 0 Å². The van der Waals surface area contributed by atoms with Crippen LogP contribution in [0, 0.1) is 6.57 Å². The maximum Gasteiger partial charge on any atom is 0.187 e. The molecule has 206 valence electrons. The zero-order chi connectivity index (χ0) is 29.7. The van der Waals surface area contributed by atoms with E-state index in [-0.39, 0.29) is 0 Å². The summed E-state index contributed by atoms with van der Waals surface area (Å²) in [6.45, 7) is 7.18. The highest BCUT2D eigenvalue weighted by Crippen LogP contribution is 2.37. The molecule has 7 aromatic rings. The van der Waals surface area contributed by atoms with Gasteiger partial charge in [-0.1, -0.05) is 164 Å². The summed E-state index contributed by atoms with van der Waals surface area (Å²) in [7, 11) is 0. The third-order valence-electron chi connectivity index (χ3n) is 7.74. The van der Waals surface area contributed by atoms with E-state index in [1.807, 2.05) is 78.9 Å². The van der Waals surface area contributed by atoms with E-state index >= 15 is 0 Å². The molecular weight excluding hydrogens is 534 g/mol. The maximum atomic E-state index is 7.18. The molecule has 0 aliphatic carbocycles. The quantitative estimate of drug-likeness (QED) is 0.189. The Kier molecular flexibility index (Phi) is 7.31. The smallest absolute Gasteiger partial charge is 0.187 e. The molecule has 0 N–H and O–H groups in total. The van der Waals surface area contributed by atoms with Crippen LogP contribution in [-0.4, -0.2) is 9.97 Å². The van der Waals surface area contributed by atoms with Crippen LogP contribution in [0.5, 0.6) is 0 Å². The largest absolute Gasteiger partial charge is 0.243 e. The number of hydrogen-bond donors (Lipinski definition) is 0. The van der Waals surface area contributed by atoms with E-state index in [4.69, 9.17) is 16.5 Å². The molecule has 0 aliphatic heterocycles. The molecule has 0 aliphatic rings. The summed E-state index contributed by atoms with van der Waals surface area (Å²) >= 11 is 0. The Labute approximate surface area is 257 Å². The van der Waals surface area contributed by atoms with Crippen LogP contribution < -0.4 is 0 Å². The van der Waals surface area contributed by atoms with Crippen molar-refractivity contribution in [3.05, 3.63) is 175 Å². The summed E-state index contributed by atoms with van der Waals surface area (Å²) in [4.78, 5) is 14.2. The van der Waals surface area contributed by atoms with Gasteiger partial charge in [0.1, 0.15) is 0 Å². The summed E-state index contributed by atoms with van der Waals surface area (Å²) in [6.07, 6.45) is 0. The van der Waals surface area contributed by atoms with E-state index < -0.39 is 0 Å². The van der Waals surface area contributed by atoms with Gasteiger partial charge >= 0.3 is 0 Å². The predicted molar refractivity (Wildman–Crippen MR) is 181 cm³/mol. The molecule has 0 radical (unpaired) electrons. The van der Waals surface area contributed by atoms with Crippen LogP contribution in [-0.2, 0) is 0 Å². The predicted octanol–water partition coefficient (Wildman–Crippen LogP) is 11.0. The van der Waals surface area contributed by atoms with Crippen molar-refractivity contribution in [2.24, 2.45) is 0 Å². The second-order valence-corrected chi connectivity index (χ2v) is 10.5. The minimum Gasteiger partial charge on any atom is -0.243 e. The van der Waals surface area contributed by atoms with Gasteiger partial charge in [-0.3, -0.25) is 0 Å². The molecule has 44 heavy (non-hydrogen) atoms. The number of aromatic nitrogens is 2. The molecule has 7 rings (SSSR count).